The number of rotatable bonds is 5. The zero-order valence-electron chi connectivity index (χ0n) is 9.67. The highest BCUT2D eigenvalue weighted by Crippen LogP contribution is 2.23. The number of hydrogen-bond acceptors (Lipinski definition) is 4. The molecule has 96 valence electrons. The van der Waals surface area contributed by atoms with Crippen molar-refractivity contribution in [1.29, 1.82) is 0 Å². The standard InChI is InChI=1S/C10H18N4O2S/c11-9-7-12-14(8-9)6-5-13-17(15,16)10-3-1-2-4-10/h7-8,10,13H,1-6,11H2. The van der Waals surface area contributed by atoms with Crippen molar-refractivity contribution in [2.24, 2.45) is 0 Å². The Morgan fingerprint density at radius 3 is 2.76 bits per heavy atom. The van der Waals surface area contributed by atoms with E-state index in [9.17, 15) is 8.42 Å². The Kier molecular flexibility index (Phi) is 3.68. The molecule has 0 atom stereocenters. The monoisotopic (exact) mass is 258 g/mol. The SMILES string of the molecule is Nc1cnn(CCNS(=O)(=O)C2CCCC2)c1. The van der Waals surface area contributed by atoms with Gasteiger partial charge in [0.1, 0.15) is 0 Å². The van der Waals surface area contributed by atoms with Gasteiger partial charge in [-0.05, 0) is 12.8 Å². The Hall–Kier alpha value is -1.08. The minimum Gasteiger partial charge on any atom is -0.396 e. The summed E-state index contributed by atoms with van der Waals surface area (Å²) in [5.41, 5.74) is 6.10. The van der Waals surface area contributed by atoms with Gasteiger partial charge in [0.25, 0.3) is 0 Å². The van der Waals surface area contributed by atoms with Crippen LogP contribution in [0.5, 0.6) is 0 Å². The molecule has 0 aromatic carbocycles. The van der Waals surface area contributed by atoms with Gasteiger partial charge in [-0.15, -0.1) is 0 Å². The molecular weight excluding hydrogens is 240 g/mol. The van der Waals surface area contributed by atoms with Crippen molar-refractivity contribution in [3.63, 3.8) is 0 Å². The second-order valence-corrected chi connectivity index (χ2v) is 6.43. The Morgan fingerprint density at radius 1 is 1.47 bits per heavy atom. The maximum absolute atomic E-state index is 11.9. The average molecular weight is 258 g/mol. The Bertz CT molecular complexity index is 462. The van der Waals surface area contributed by atoms with Crippen LogP contribution in [0.15, 0.2) is 12.4 Å². The molecule has 7 heteroatoms. The van der Waals surface area contributed by atoms with E-state index in [1.54, 1.807) is 17.1 Å². The third kappa shape index (κ3) is 3.19. The zero-order chi connectivity index (χ0) is 12.3. The predicted molar refractivity (Wildman–Crippen MR) is 65.8 cm³/mol. The zero-order valence-corrected chi connectivity index (χ0v) is 10.5. The van der Waals surface area contributed by atoms with Gasteiger partial charge in [-0.25, -0.2) is 13.1 Å². The first kappa shape index (κ1) is 12.4. The molecule has 3 N–H and O–H groups in total. The van der Waals surface area contributed by atoms with Crippen LogP contribution in [0, 0.1) is 0 Å². The van der Waals surface area contributed by atoms with Crippen LogP contribution in [0.25, 0.3) is 0 Å². The quantitative estimate of drug-likeness (QED) is 0.796. The first-order valence-electron chi connectivity index (χ1n) is 5.84. The summed E-state index contributed by atoms with van der Waals surface area (Å²) >= 11 is 0. The number of sulfonamides is 1. The van der Waals surface area contributed by atoms with Gasteiger partial charge in [0, 0.05) is 12.7 Å². The van der Waals surface area contributed by atoms with E-state index in [0.717, 1.165) is 25.7 Å². The van der Waals surface area contributed by atoms with Crippen LogP contribution < -0.4 is 10.5 Å². The molecule has 0 unspecified atom stereocenters. The third-order valence-electron chi connectivity index (χ3n) is 3.04. The molecule has 1 heterocycles. The molecule has 1 fully saturated rings. The number of nitrogen functional groups attached to an aromatic ring is 1. The number of nitrogens with one attached hydrogen (secondary N) is 1. The highest BCUT2D eigenvalue weighted by Gasteiger charge is 2.27. The van der Waals surface area contributed by atoms with Gasteiger partial charge < -0.3 is 5.73 Å². The maximum Gasteiger partial charge on any atom is 0.214 e. The molecule has 0 aliphatic heterocycles. The van der Waals surface area contributed by atoms with Crippen LogP contribution in [0.3, 0.4) is 0 Å². The van der Waals surface area contributed by atoms with E-state index < -0.39 is 10.0 Å². The summed E-state index contributed by atoms with van der Waals surface area (Å²) in [7, 11) is -3.15. The number of hydrogen-bond donors (Lipinski definition) is 2. The molecule has 1 aromatic heterocycles. The summed E-state index contributed by atoms with van der Waals surface area (Å²) in [6.07, 6.45) is 6.83. The summed E-state index contributed by atoms with van der Waals surface area (Å²) in [6, 6.07) is 0. The molecule has 2 rings (SSSR count). The summed E-state index contributed by atoms with van der Waals surface area (Å²) in [5, 5.41) is 3.79. The third-order valence-corrected chi connectivity index (χ3v) is 4.99. The topological polar surface area (TPSA) is 90.0 Å². The predicted octanol–water partition coefficient (Wildman–Crippen LogP) is 0.327. The molecule has 0 spiro atoms. The summed E-state index contributed by atoms with van der Waals surface area (Å²) in [6.45, 7) is 0.864. The number of nitrogens with zero attached hydrogens (tertiary/aromatic N) is 2. The van der Waals surface area contributed by atoms with E-state index in [4.69, 9.17) is 5.73 Å². The molecule has 1 aliphatic carbocycles. The Balaban J connectivity index is 1.81. The van der Waals surface area contributed by atoms with Crippen molar-refractivity contribution in [3.05, 3.63) is 12.4 Å². The number of nitrogens with two attached hydrogens (primary N) is 1. The van der Waals surface area contributed by atoms with Crippen molar-refractivity contribution in [2.45, 2.75) is 37.5 Å². The molecule has 6 nitrogen and oxygen atoms in total. The number of aromatic nitrogens is 2. The normalized spacial score (nSPS) is 17.6. The van der Waals surface area contributed by atoms with Crippen molar-refractivity contribution in [3.8, 4) is 0 Å². The van der Waals surface area contributed by atoms with Gasteiger partial charge in [0.05, 0.1) is 23.7 Å². The average Bonchev–Trinajstić information content (AvgIpc) is 2.89. The van der Waals surface area contributed by atoms with Gasteiger partial charge in [-0.2, -0.15) is 5.10 Å². The minimum atomic E-state index is -3.15. The highest BCUT2D eigenvalue weighted by atomic mass is 32.2. The van der Waals surface area contributed by atoms with Crippen LogP contribution >= 0.6 is 0 Å². The molecule has 0 saturated heterocycles. The van der Waals surface area contributed by atoms with Crippen molar-refractivity contribution < 1.29 is 8.42 Å². The maximum atomic E-state index is 11.9. The van der Waals surface area contributed by atoms with E-state index in [1.165, 1.54) is 0 Å². The number of anilines is 1. The molecule has 0 radical (unpaired) electrons. The lowest BCUT2D eigenvalue weighted by Crippen LogP contribution is -2.34. The van der Waals surface area contributed by atoms with Crippen LogP contribution in [0.1, 0.15) is 25.7 Å². The fraction of sp³-hybridized carbons (Fsp3) is 0.700. The van der Waals surface area contributed by atoms with Crippen LogP contribution in [-0.4, -0.2) is 30.0 Å². The molecule has 1 saturated carbocycles. The highest BCUT2D eigenvalue weighted by molar-refractivity contribution is 7.90. The van der Waals surface area contributed by atoms with E-state index in [2.05, 4.69) is 9.82 Å². The van der Waals surface area contributed by atoms with Gasteiger partial charge in [0.15, 0.2) is 0 Å². The first-order valence-corrected chi connectivity index (χ1v) is 7.39. The molecule has 0 amide bonds. The largest absolute Gasteiger partial charge is 0.396 e. The minimum absolute atomic E-state index is 0.204. The summed E-state index contributed by atoms with van der Waals surface area (Å²) < 4.78 is 28.0. The molecule has 17 heavy (non-hydrogen) atoms. The molecular formula is C10H18N4O2S. The lowest BCUT2D eigenvalue weighted by molar-refractivity contribution is 0.548. The van der Waals surface area contributed by atoms with Gasteiger partial charge >= 0.3 is 0 Å². The lowest BCUT2D eigenvalue weighted by Gasteiger charge is -2.12. The Morgan fingerprint density at radius 2 is 2.18 bits per heavy atom. The van der Waals surface area contributed by atoms with E-state index >= 15 is 0 Å². The lowest BCUT2D eigenvalue weighted by atomic mass is 10.4. The Labute approximate surface area is 101 Å². The van der Waals surface area contributed by atoms with Gasteiger partial charge in [0.2, 0.25) is 10.0 Å². The van der Waals surface area contributed by atoms with Crippen LogP contribution in [0.2, 0.25) is 0 Å². The van der Waals surface area contributed by atoms with Crippen molar-refractivity contribution in [2.75, 3.05) is 12.3 Å². The van der Waals surface area contributed by atoms with Crippen molar-refractivity contribution in [1.82, 2.24) is 14.5 Å². The van der Waals surface area contributed by atoms with Crippen LogP contribution in [-0.2, 0) is 16.6 Å². The van der Waals surface area contributed by atoms with E-state index in [0.29, 0.717) is 18.8 Å². The van der Waals surface area contributed by atoms with E-state index in [1.807, 2.05) is 0 Å². The summed E-state index contributed by atoms with van der Waals surface area (Å²) in [5.74, 6) is 0. The van der Waals surface area contributed by atoms with Gasteiger partial charge in [-0.3, -0.25) is 4.68 Å². The van der Waals surface area contributed by atoms with Crippen molar-refractivity contribution >= 4 is 15.7 Å². The smallest absolute Gasteiger partial charge is 0.214 e. The van der Waals surface area contributed by atoms with Crippen LogP contribution in [0.4, 0.5) is 5.69 Å². The second kappa shape index (κ2) is 5.05. The fourth-order valence-corrected chi connectivity index (χ4v) is 3.69. The second-order valence-electron chi connectivity index (χ2n) is 4.38. The molecule has 1 aromatic rings. The first-order chi connectivity index (χ1) is 8.08. The molecule has 0 bridgehead atoms. The molecule has 1 aliphatic rings. The summed E-state index contributed by atoms with van der Waals surface area (Å²) in [4.78, 5) is 0. The van der Waals surface area contributed by atoms with Gasteiger partial charge in [-0.1, -0.05) is 12.8 Å². The van der Waals surface area contributed by atoms with E-state index in [-0.39, 0.29) is 5.25 Å². The fourth-order valence-electron chi connectivity index (χ4n) is 2.12.